The number of methoxy groups -OCH3 is 1. The predicted octanol–water partition coefficient (Wildman–Crippen LogP) is 3.32. The first-order valence-electron chi connectivity index (χ1n) is 9.18. The van der Waals surface area contributed by atoms with E-state index in [2.05, 4.69) is 40.8 Å². The van der Waals surface area contributed by atoms with E-state index in [1.807, 2.05) is 24.3 Å². The van der Waals surface area contributed by atoms with Crippen LogP contribution in [0, 0.1) is 0 Å². The number of aromatic nitrogens is 6. The second-order valence-corrected chi connectivity index (χ2v) is 6.78. The van der Waals surface area contributed by atoms with Crippen molar-refractivity contribution in [2.45, 2.75) is 25.3 Å². The fourth-order valence-electron chi connectivity index (χ4n) is 3.21. The zero-order valence-corrected chi connectivity index (χ0v) is 15.4. The highest BCUT2D eigenvalue weighted by Gasteiger charge is 2.25. The van der Waals surface area contributed by atoms with Crippen molar-refractivity contribution >= 4 is 28.6 Å². The first-order chi connectivity index (χ1) is 13.8. The predicted molar refractivity (Wildman–Crippen MR) is 106 cm³/mol. The van der Waals surface area contributed by atoms with E-state index < -0.39 is 0 Å². The SMILES string of the molecule is COc1c(CNc2nccc(Nc3cc(C4CC4)[nH]n3)n2)ccc2[nH]cnc12. The summed E-state index contributed by atoms with van der Waals surface area (Å²) in [6.07, 6.45) is 5.83. The van der Waals surface area contributed by atoms with Gasteiger partial charge < -0.3 is 20.4 Å². The van der Waals surface area contributed by atoms with Gasteiger partial charge in [0.05, 0.1) is 19.0 Å². The minimum Gasteiger partial charge on any atom is -0.494 e. The normalized spacial score (nSPS) is 13.6. The molecule has 3 aromatic heterocycles. The molecule has 0 aliphatic heterocycles. The molecular formula is C19H20N8O. The zero-order valence-electron chi connectivity index (χ0n) is 15.4. The largest absolute Gasteiger partial charge is 0.494 e. The molecule has 3 heterocycles. The van der Waals surface area contributed by atoms with Crippen molar-refractivity contribution in [3.63, 3.8) is 0 Å². The number of fused-ring (bicyclic) bond motifs is 1. The fourth-order valence-corrected chi connectivity index (χ4v) is 3.21. The Kier molecular flexibility index (Phi) is 4.04. The maximum absolute atomic E-state index is 5.55. The van der Waals surface area contributed by atoms with Gasteiger partial charge in [0.2, 0.25) is 5.95 Å². The van der Waals surface area contributed by atoms with Crippen LogP contribution in [0.15, 0.2) is 36.8 Å². The summed E-state index contributed by atoms with van der Waals surface area (Å²) >= 11 is 0. The van der Waals surface area contributed by atoms with Crippen LogP contribution in [0.5, 0.6) is 5.75 Å². The van der Waals surface area contributed by atoms with Crippen molar-refractivity contribution in [1.82, 2.24) is 30.1 Å². The van der Waals surface area contributed by atoms with E-state index in [0.717, 1.165) is 28.2 Å². The van der Waals surface area contributed by atoms with Gasteiger partial charge in [0.1, 0.15) is 11.3 Å². The number of hydrogen-bond donors (Lipinski definition) is 4. The molecule has 1 aromatic carbocycles. The second-order valence-electron chi connectivity index (χ2n) is 6.78. The molecule has 4 N–H and O–H groups in total. The van der Waals surface area contributed by atoms with Crippen molar-refractivity contribution in [3.05, 3.63) is 48.0 Å². The Hall–Kier alpha value is -3.62. The molecule has 1 saturated carbocycles. The first-order valence-corrected chi connectivity index (χ1v) is 9.18. The fraction of sp³-hybridized carbons (Fsp3) is 0.263. The lowest BCUT2D eigenvalue weighted by Gasteiger charge is -2.11. The van der Waals surface area contributed by atoms with E-state index in [1.54, 1.807) is 19.6 Å². The monoisotopic (exact) mass is 376 g/mol. The molecule has 0 bridgehead atoms. The first kappa shape index (κ1) is 16.5. The molecule has 0 radical (unpaired) electrons. The molecule has 9 heteroatoms. The minimum absolute atomic E-state index is 0.518. The molecule has 0 atom stereocenters. The van der Waals surface area contributed by atoms with E-state index in [4.69, 9.17) is 4.74 Å². The van der Waals surface area contributed by atoms with E-state index in [0.29, 0.717) is 24.2 Å². The summed E-state index contributed by atoms with van der Waals surface area (Å²) in [5.74, 6) is 3.34. The van der Waals surface area contributed by atoms with Crippen molar-refractivity contribution in [1.29, 1.82) is 0 Å². The number of imidazole rings is 1. The third-order valence-electron chi connectivity index (χ3n) is 4.79. The minimum atomic E-state index is 0.518. The molecule has 1 fully saturated rings. The van der Waals surface area contributed by atoms with Crippen LogP contribution in [0.3, 0.4) is 0 Å². The van der Waals surface area contributed by atoms with Gasteiger partial charge in [-0.3, -0.25) is 5.10 Å². The molecule has 9 nitrogen and oxygen atoms in total. The van der Waals surface area contributed by atoms with Crippen LogP contribution < -0.4 is 15.4 Å². The zero-order chi connectivity index (χ0) is 18.9. The summed E-state index contributed by atoms with van der Waals surface area (Å²) in [5.41, 5.74) is 3.90. The van der Waals surface area contributed by atoms with Gasteiger partial charge in [0, 0.05) is 36.0 Å². The van der Waals surface area contributed by atoms with E-state index >= 15 is 0 Å². The van der Waals surface area contributed by atoms with Crippen LogP contribution in [0.2, 0.25) is 0 Å². The Labute approximate surface area is 161 Å². The van der Waals surface area contributed by atoms with Crippen LogP contribution in [0.25, 0.3) is 11.0 Å². The summed E-state index contributed by atoms with van der Waals surface area (Å²) in [5, 5.41) is 13.8. The number of nitrogens with zero attached hydrogens (tertiary/aromatic N) is 4. The van der Waals surface area contributed by atoms with Crippen LogP contribution in [-0.4, -0.2) is 37.2 Å². The topological polar surface area (TPSA) is 116 Å². The van der Waals surface area contributed by atoms with E-state index in [9.17, 15) is 0 Å². The van der Waals surface area contributed by atoms with Crippen molar-refractivity contribution in [2.75, 3.05) is 17.7 Å². The van der Waals surface area contributed by atoms with Gasteiger partial charge in [-0.05, 0) is 25.0 Å². The number of rotatable bonds is 7. The van der Waals surface area contributed by atoms with E-state index in [1.165, 1.54) is 18.5 Å². The summed E-state index contributed by atoms with van der Waals surface area (Å²) < 4.78 is 5.55. The summed E-state index contributed by atoms with van der Waals surface area (Å²) in [7, 11) is 1.65. The third-order valence-corrected chi connectivity index (χ3v) is 4.79. The number of H-pyrrole nitrogens is 2. The maximum atomic E-state index is 5.55. The van der Waals surface area contributed by atoms with Crippen LogP contribution in [-0.2, 0) is 6.54 Å². The average Bonchev–Trinajstić information content (AvgIpc) is 3.27. The lowest BCUT2D eigenvalue weighted by molar-refractivity contribution is 0.414. The van der Waals surface area contributed by atoms with Crippen molar-refractivity contribution in [3.8, 4) is 5.75 Å². The number of hydrogen-bond acceptors (Lipinski definition) is 7. The lowest BCUT2D eigenvalue weighted by atomic mass is 10.1. The molecule has 4 aromatic rings. The lowest BCUT2D eigenvalue weighted by Crippen LogP contribution is -2.06. The Morgan fingerprint density at radius 1 is 1.18 bits per heavy atom. The molecule has 5 rings (SSSR count). The third kappa shape index (κ3) is 3.22. The highest BCUT2D eigenvalue weighted by Crippen LogP contribution is 2.39. The summed E-state index contributed by atoms with van der Waals surface area (Å²) in [6, 6.07) is 7.83. The second kappa shape index (κ2) is 6.84. The van der Waals surface area contributed by atoms with Crippen LogP contribution >= 0.6 is 0 Å². The molecule has 0 saturated heterocycles. The Balaban J connectivity index is 1.30. The summed E-state index contributed by atoms with van der Waals surface area (Å²) in [6.45, 7) is 0.518. The Bertz CT molecular complexity index is 1110. The highest BCUT2D eigenvalue weighted by atomic mass is 16.5. The molecular weight excluding hydrogens is 356 g/mol. The average molecular weight is 376 g/mol. The van der Waals surface area contributed by atoms with Crippen LogP contribution in [0.4, 0.5) is 17.6 Å². The number of aromatic amines is 2. The Morgan fingerprint density at radius 2 is 2.11 bits per heavy atom. The standard InChI is InChI=1S/C19H20N8O/c1-28-18-12(4-5-13-17(18)23-10-22-13)9-21-19-20-7-6-15(25-19)24-16-8-14(26-27-16)11-2-3-11/h4-8,10-11H,2-3,9H2,1H3,(H,22,23)(H3,20,21,24,25,26,27). The maximum Gasteiger partial charge on any atom is 0.224 e. The molecule has 0 spiro atoms. The van der Waals surface area contributed by atoms with Gasteiger partial charge in [0.25, 0.3) is 0 Å². The van der Waals surface area contributed by atoms with Gasteiger partial charge in [-0.1, -0.05) is 6.07 Å². The van der Waals surface area contributed by atoms with Gasteiger partial charge in [-0.25, -0.2) is 9.97 Å². The van der Waals surface area contributed by atoms with Gasteiger partial charge >= 0.3 is 0 Å². The van der Waals surface area contributed by atoms with E-state index in [-0.39, 0.29) is 0 Å². The van der Waals surface area contributed by atoms with Crippen molar-refractivity contribution < 1.29 is 4.74 Å². The van der Waals surface area contributed by atoms with Gasteiger partial charge in [-0.15, -0.1) is 0 Å². The van der Waals surface area contributed by atoms with Gasteiger partial charge in [0.15, 0.2) is 11.6 Å². The smallest absolute Gasteiger partial charge is 0.224 e. The molecule has 1 aliphatic carbocycles. The highest BCUT2D eigenvalue weighted by molar-refractivity contribution is 5.83. The molecule has 0 unspecified atom stereocenters. The Morgan fingerprint density at radius 3 is 2.96 bits per heavy atom. The molecule has 1 aliphatic rings. The molecule has 0 amide bonds. The molecule has 28 heavy (non-hydrogen) atoms. The number of nitrogens with one attached hydrogen (secondary N) is 4. The molecule has 142 valence electrons. The van der Waals surface area contributed by atoms with Crippen LogP contribution in [0.1, 0.15) is 30.0 Å². The van der Waals surface area contributed by atoms with Crippen molar-refractivity contribution in [2.24, 2.45) is 0 Å². The summed E-state index contributed by atoms with van der Waals surface area (Å²) in [4.78, 5) is 16.2. The number of anilines is 3. The number of benzene rings is 1. The number of ether oxygens (including phenoxy) is 1. The quantitative estimate of drug-likeness (QED) is 0.391. The van der Waals surface area contributed by atoms with Gasteiger partial charge in [-0.2, -0.15) is 10.1 Å².